The third-order valence-corrected chi connectivity index (χ3v) is 2.15. The van der Waals surface area contributed by atoms with Crippen LogP contribution < -0.4 is 9.47 Å². The molecule has 0 unspecified atom stereocenters. The van der Waals surface area contributed by atoms with Gasteiger partial charge in [0.25, 0.3) is 0 Å². The molecule has 4 nitrogen and oxygen atoms in total. The van der Waals surface area contributed by atoms with E-state index in [-0.39, 0.29) is 0 Å². The maximum absolute atomic E-state index is 5.51. The number of rotatable bonds is 0. The lowest BCUT2D eigenvalue weighted by molar-refractivity contribution is 0.173. The Balaban J connectivity index is 2.34. The third kappa shape index (κ3) is 1.00. The normalized spacial score (nSPS) is 14.3. The zero-order chi connectivity index (χ0) is 9.38. The van der Waals surface area contributed by atoms with Crippen molar-refractivity contribution < 1.29 is 9.47 Å². The SMILES string of the molecule is c1cnc2c3c(ccc2n1)OCCO3. The summed E-state index contributed by atoms with van der Waals surface area (Å²) < 4.78 is 10.9. The Labute approximate surface area is 80.5 Å². The molecule has 0 saturated carbocycles. The minimum Gasteiger partial charge on any atom is -0.486 e. The number of nitrogens with zero attached hydrogens (tertiary/aromatic N) is 2. The lowest BCUT2D eigenvalue weighted by Gasteiger charge is -2.18. The molecule has 2 aromatic rings. The molecule has 0 radical (unpaired) electrons. The number of aromatic nitrogens is 2. The maximum atomic E-state index is 5.51. The van der Waals surface area contributed by atoms with Gasteiger partial charge in [-0.15, -0.1) is 0 Å². The van der Waals surface area contributed by atoms with Crippen LogP contribution in [0.15, 0.2) is 24.5 Å². The molecule has 0 aliphatic carbocycles. The molecule has 70 valence electrons. The molecule has 0 fully saturated rings. The highest BCUT2D eigenvalue weighted by atomic mass is 16.6. The molecule has 1 aliphatic rings. The fourth-order valence-corrected chi connectivity index (χ4v) is 1.54. The van der Waals surface area contributed by atoms with Gasteiger partial charge in [-0.3, -0.25) is 4.98 Å². The summed E-state index contributed by atoms with van der Waals surface area (Å²) in [6.45, 7) is 1.17. The van der Waals surface area contributed by atoms with E-state index in [0.29, 0.717) is 19.0 Å². The highest BCUT2D eigenvalue weighted by Crippen LogP contribution is 2.35. The van der Waals surface area contributed by atoms with Crippen LogP contribution in [0.25, 0.3) is 11.0 Å². The molecule has 0 spiro atoms. The largest absolute Gasteiger partial charge is 0.486 e. The minimum absolute atomic E-state index is 0.572. The Bertz CT molecular complexity index is 485. The van der Waals surface area contributed by atoms with Crippen molar-refractivity contribution in [2.75, 3.05) is 13.2 Å². The maximum Gasteiger partial charge on any atom is 0.189 e. The molecule has 2 heterocycles. The summed E-state index contributed by atoms with van der Waals surface area (Å²) in [5, 5.41) is 0. The van der Waals surface area contributed by atoms with Crippen LogP contribution in [0.3, 0.4) is 0 Å². The first-order chi connectivity index (χ1) is 6.95. The molecule has 14 heavy (non-hydrogen) atoms. The standard InChI is InChI=1S/C10H8N2O2/c1-2-8-10(14-6-5-13-8)9-7(1)11-3-4-12-9/h1-4H,5-6H2. The van der Waals surface area contributed by atoms with Crippen molar-refractivity contribution in [1.29, 1.82) is 0 Å². The van der Waals surface area contributed by atoms with Gasteiger partial charge in [-0.25, -0.2) is 4.98 Å². The summed E-state index contributed by atoms with van der Waals surface area (Å²) in [6, 6.07) is 3.75. The predicted octanol–water partition coefficient (Wildman–Crippen LogP) is 1.40. The highest BCUT2D eigenvalue weighted by Gasteiger charge is 2.15. The first kappa shape index (κ1) is 7.55. The van der Waals surface area contributed by atoms with Gasteiger partial charge < -0.3 is 9.47 Å². The van der Waals surface area contributed by atoms with E-state index in [9.17, 15) is 0 Å². The van der Waals surface area contributed by atoms with Crippen molar-refractivity contribution >= 4 is 11.0 Å². The van der Waals surface area contributed by atoms with Gasteiger partial charge in [-0.2, -0.15) is 0 Å². The average Bonchev–Trinajstić information content (AvgIpc) is 2.29. The van der Waals surface area contributed by atoms with E-state index >= 15 is 0 Å². The monoisotopic (exact) mass is 188 g/mol. The molecule has 4 heteroatoms. The fraction of sp³-hybridized carbons (Fsp3) is 0.200. The van der Waals surface area contributed by atoms with Gasteiger partial charge in [-0.05, 0) is 12.1 Å². The van der Waals surface area contributed by atoms with Crippen LogP contribution >= 0.6 is 0 Å². The van der Waals surface area contributed by atoms with Gasteiger partial charge in [0.2, 0.25) is 0 Å². The lowest BCUT2D eigenvalue weighted by Crippen LogP contribution is -2.15. The van der Waals surface area contributed by atoms with Crippen LogP contribution in [0.5, 0.6) is 11.5 Å². The van der Waals surface area contributed by atoms with Crippen molar-refractivity contribution in [3.05, 3.63) is 24.5 Å². The van der Waals surface area contributed by atoms with Crippen LogP contribution in [-0.2, 0) is 0 Å². The van der Waals surface area contributed by atoms with Crippen molar-refractivity contribution in [3.63, 3.8) is 0 Å². The van der Waals surface area contributed by atoms with Gasteiger partial charge in [0.1, 0.15) is 18.7 Å². The number of ether oxygens (including phenoxy) is 2. The number of benzene rings is 1. The lowest BCUT2D eigenvalue weighted by atomic mass is 10.2. The molecular formula is C10H8N2O2. The van der Waals surface area contributed by atoms with Gasteiger partial charge in [-0.1, -0.05) is 0 Å². The highest BCUT2D eigenvalue weighted by molar-refractivity contribution is 5.83. The van der Waals surface area contributed by atoms with E-state index in [2.05, 4.69) is 9.97 Å². The topological polar surface area (TPSA) is 44.2 Å². The van der Waals surface area contributed by atoms with E-state index in [1.807, 2.05) is 12.1 Å². The van der Waals surface area contributed by atoms with Crippen LogP contribution in [0, 0.1) is 0 Å². The predicted molar refractivity (Wildman–Crippen MR) is 50.5 cm³/mol. The summed E-state index contributed by atoms with van der Waals surface area (Å²) in [5.41, 5.74) is 1.60. The first-order valence-electron chi connectivity index (χ1n) is 4.44. The number of hydrogen-bond donors (Lipinski definition) is 0. The van der Waals surface area contributed by atoms with Crippen LogP contribution in [0.1, 0.15) is 0 Å². The Hall–Kier alpha value is -1.84. The van der Waals surface area contributed by atoms with Crippen molar-refractivity contribution in [2.24, 2.45) is 0 Å². The molecule has 1 aliphatic heterocycles. The molecule has 0 saturated heterocycles. The first-order valence-corrected chi connectivity index (χ1v) is 4.44. The zero-order valence-corrected chi connectivity index (χ0v) is 7.43. The van der Waals surface area contributed by atoms with Crippen LogP contribution in [0.2, 0.25) is 0 Å². The van der Waals surface area contributed by atoms with Gasteiger partial charge >= 0.3 is 0 Å². The van der Waals surface area contributed by atoms with E-state index < -0.39 is 0 Å². The van der Waals surface area contributed by atoms with E-state index in [0.717, 1.165) is 16.8 Å². The molecule has 0 amide bonds. The van der Waals surface area contributed by atoms with Gasteiger partial charge in [0, 0.05) is 12.4 Å². The van der Waals surface area contributed by atoms with Crippen LogP contribution in [-0.4, -0.2) is 23.2 Å². The summed E-state index contributed by atoms with van der Waals surface area (Å²) in [6.07, 6.45) is 3.32. The Morgan fingerprint density at radius 3 is 2.86 bits per heavy atom. The molecule has 1 aromatic heterocycles. The second-order valence-corrected chi connectivity index (χ2v) is 3.01. The number of fused-ring (bicyclic) bond motifs is 3. The van der Waals surface area contributed by atoms with E-state index in [1.165, 1.54) is 0 Å². The second-order valence-electron chi connectivity index (χ2n) is 3.01. The quantitative estimate of drug-likeness (QED) is 0.626. The average molecular weight is 188 g/mol. The molecular weight excluding hydrogens is 180 g/mol. The van der Waals surface area contributed by atoms with Crippen molar-refractivity contribution in [3.8, 4) is 11.5 Å². The smallest absolute Gasteiger partial charge is 0.189 e. The second kappa shape index (κ2) is 2.83. The summed E-state index contributed by atoms with van der Waals surface area (Å²) in [5.74, 6) is 1.46. The van der Waals surface area contributed by atoms with Crippen molar-refractivity contribution in [1.82, 2.24) is 9.97 Å². The number of hydrogen-bond acceptors (Lipinski definition) is 4. The Morgan fingerprint density at radius 1 is 1.00 bits per heavy atom. The Morgan fingerprint density at radius 2 is 1.86 bits per heavy atom. The summed E-state index contributed by atoms with van der Waals surface area (Å²) >= 11 is 0. The Kier molecular flexibility index (Phi) is 1.53. The molecule has 0 atom stereocenters. The van der Waals surface area contributed by atoms with E-state index in [4.69, 9.17) is 9.47 Å². The summed E-state index contributed by atoms with van der Waals surface area (Å²) in [4.78, 5) is 8.42. The molecule has 3 rings (SSSR count). The minimum atomic E-state index is 0.572. The molecule has 1 aromatic carbocycles. The summed E-state index contributed by atoms with van der Waals surface area (Å²) in [7, 11) is 0. The fourth-order valence-electron chi connectivity index (χ4n) is 1.54. The van der Waals surface area contributed by atoms with Crippen LogP contribution in [0.4, 0.5) is 0 Å². The molecule has 0 bridgehead atoms. The van der Waals surface area contributed by atoms with Crippen molar-refractivity contribution in [2.45, 2.75) is 0 Å². The van der Waals surface area contributed by atoms with E-state index in [1.54, 1.807) is 12.4 Å². The zero-order valence-electron chi connectivity index (χ0n) is 7.43. The molecule has 0 N–H and O–H groups in total. The third-order valence-electron chi connectivity index (χ3n) is 2.15. The van der Waals surface area contributed by atoms with Gasteiger partial charge in [0.15, 0.2) is 11.5 Å². The van der Waals surface area contributed by atoms with Gasteiger partial charge in [0.05, 0.1) is 5.52 Å².